The third-order valence-electron chi connectivity index (χ3n) is 2.39. The lowest BCUT2D eigenvalue weighted by atomic mass is 10.2. The second-order valence-electron chi connectivity index (χ2n) is 3.96. The molecule has 0 saturated heterocycles. The Hall–Kier alpha value is -2.05. The van der Waals surface area contributed by atoms with Gasteiger partial charge in [0, 0.05) is 19.3 Å². The summed E-state index contributed by atoms with van der Waals surface area (Å²) in [4.78, 5) is 13.7. The minimum absolute atomic E-state index is 0.00535. The zero-order valence-corrected chi connectivity index (χ0v) is 10.2. The Labute approximate surface area is 99.5 Å². The van der Waals surface area contributed by atoms with Crippen LogP contribution >= 0.6 is 0 Å². The van der Waals surface area contributed by atoms with E-state index in [0.717, 1.165) is 0 Å². The average molecular weight is 239 g/mol. The molecule has 0 radical (unpaired) electrons. The molecule has 1 amide bonds. The van der Waals surface area contributed by atoms with Gasteiger partial charge in [-0.1, -0.05) is 5.16 Å². The van der Waals surface area contributed by atoms with Gasteiger partial charge in [0.15, 0.2) is 5.84 Å². The van der Waals surface area contributed by atoms with Crippen molar-refractivity contribution in [2.24, 2.45) is 17.9 Å². The van der Waals surface area contributed by atoms with Crippen molar-refractivity contribution in [1.82, 2.24) is 14.7 Å². The Kier molecular flexibility index (Phi) is 4.08. The van der Waals surface area contributed by atoms with E-state index in [1.807, 2.05) is 13.8 Å². The summed E-state index contributed by atoms with van der Waals surface area (Å²) in [6.07, 6.45) is 1.55. The van der Waals surface area contributed by atoms with Crippen molar-refractivity contribution >= 4 is 11.7 Å². The SMILES string of the molecule is CC(C)N(CC(N)=NO)C(=O)c1ccnn1C. The highest BCUT2D eigenvalue weighted by atomic mass is 16.4. The summed E-state index contributed by atoms with van der Waals surface area (Å²) in [5, 5.41) is 15.4. The number of hydrogen-bond donors (Lipinski definition) is 2. The van der Waals surface area contributed by atoms with Gasteiger partial charge in [-0.2, -0.15) is 5.10 Å². The van der Waals surface area contributed by atoms with Gasteiger partial charge in [0.2, 0.25) is 0 Å². The zero-order chi connectivity index (χ0) is 13.0. The van der Waals surface area contributed by atoms with E-state index >= 15 is 0 Å². The molecular weight excluding hydrogens is 222 g/mol. The van der Waals surface area contributed by atoms with Crippen LogP contribution < -0.4 is 5.73 Å². The first-order valence-corrected chi connectivity index (χ1v) is 5.22. The summed E-state index contributed by atoms with van der Waals surface area (Å²) in [5.74, 6) is -0.208. The molecule has 3 N–H and O–H groups in total. The molecule has 94 valence electrons. The quantitative estimate of drug-likeness (QED) is 0.335. The Balaban J connectivity index is 2.93. The standard InChI is InChI=1S/C10H17N5O2/c1-7(2)15(6-9(11)13-17)10(16)8-4-5-12-14(8)3/h4-5,7,17H,6H2,1-3H3,(H2,11,13). The van der Waals surface area contributed by atoms with Crippen LogP contribution in [-0.4, -0.2) is 44.2 Å². The van der Waals surface area contributed by atoms with E-state index in [4.69, 9.17) is 10.9 Å². The molecule has 0 saturated carbocycles. The Morgan fingerprint density at radius 1 is 1.71 bits per heavy atom. The lowest BCUT2D eigenvalue weighted by Crippen LogP contribution is -2.43. The van der Waals surface area contributed by atoms with Gasteiger partial charge in [0.05, 0.1) is 6.54 Å². The molecule has 7 heteroatoms. The van der Waals surface area contributed by atoms with E-state index in [1.54, 1.807) is 19.3 Å². The number of carbonyl (C=O) groups is 1. The predicted octanol–water partition coefficient (Wildman–Crippen LogP) is 0.0171. The van der Waals surface area contributed by atoms with Crippen LogP contribution in [0.25, 0.3) is 0 Å². The normalized spacial score (nSPS) is 11.9. The van der Waals surface area contributed by atoms with Gasteiger partial charge in [-0.15, -0.1) is 0 Å². The summed E-state index contributed by atoms with van der Waals surface area (Å²) in [7, 11) is 1.69. The molecule has 0 bridgehead atoms. The zero-order valence-electron chi connectivity index (χ0n) is 10.2. The number of amidine groups is 1. The van der Waals surface area contributed by atoms with Crippen LogP contribution in [0.2, 0.25) is 0 Å². The van der Waals surface area contributed by atoms with Crippen LogP contribution in [-0.2, 0) is 7.05 Å². The first kappa shape index (κ1) is 13.0. The van der Waals surface area contributed by atoms with Crippen molar-refractivity contribution < 1.29 is 10.0 Å². The lowest BCUT2D eigenvalue weighted by Gasteiger charge is -2.25. The highest BCUT2D eigenvalue weighted by Gasteiger charge is 2.22. The maximum Gasteiger partial charge on any atom is 0.272 e. The number of nitrogens with zero attached hydrogens (tertiary/aromatic N) is 4. The first-order chi connectivity index (χ1) is 7.97. The molecule has 0 aliphatic carbocycles. The van der Waals surface area contributed by atoms with Crippen molar-refractivity contribution in [3.05, 3.63) is 18.0 Å². The van der Waals surface area contributed by atoms with Crippen molar-refractivity contribution in [2.45, 2.75) is 19.9 Å². The summed E-state index contributed by atoms with van der Waals surface area (Å²) in [6.45, 7) is 3.80. The molecule has 1 rings (SSSR count). The van der Waals surface area contributed by atoms with Gasteiger partial charge in [0.25, 0.3) is 5.91 Å². The third kappa shape index (κ3) is 2.96. The van der Waals surface area contributed by atoms with Gasteiger partial charge in [-0.3, -0.25) is 9.48 Å². The van der Waals surface area contributed by atoms with Crippen molar-refractivity contribution in [1.29, 1.82) is 0 Å². The van der Waals surface area contributed by atoms with Gasteiger partial charge < -0.3 is 15.8 Å². The number of rotatable bonds is 4. The fourth-order valence-corrected chi connectivity index (χ4v) is 1.43. The number of carbonyl (C=O) groups excluding carboxylic acids is 1. The van der Waals surface area contributed by atoms with E-state index < -0.39 is 0 Å². The van der Waals surface area contributed by atoms with E-state index in [-0.39, 0.29) is 24.3 Å². The van der Waals surface area contributed by atoms with Gasteiger partial charge >= 0.3 is 0 Å². The van der Waals surface area contributed by atoms with E-state index in [1.165, 1.54) is 9.58 Å². The van der Waals surface area contributed by atoms with E-state index in [2.05, 4.69) is 10.3 Å². The highest BCUT2D eigenvalue weighted by molar-refractivity contribution is 5.95. The summed E-state index contributed by atoms with van der Waals surface area (Å²) >= 11 is 0. The number of amides is 1. The van der Waals surface area contributed by atoms with Crippen LogP contribution in [0.3, 0.4) is 0 Å². The van der Waals surface area contributed by atoms with Gasteiger partial charge in [-0.05, 0) is 19.9 Å². The minimum atomic E-state index is -0.202. The molecule has 0 fully saturated rings. The lowest BCUT2D eigenvalue weighted by molar-refractivity contribution is 0.0723. The number of oxime groups is 1. The number of aryl methyl sites for hydroxylation is 1. The summed E-state index contributed by atoms with van der Waals surface area (Å²) < 4.78 is 1.49. The molecule has 0 atom stereocenters. The average Bonchev–Trinajstić information content (AvgIpc) is 2.70. The second-order valence-corrected chi connectivity index (χ2v) is 3.96. The van der Waals surface area contributed by atoms with Crippen molar-refractivity contribution in [3.63, 3.8) is 0 Å². The number of nitrogens with two attached hydrogens (primary N) is 1. The smallest absolute Gasteiger partial charge is 0.272 e. The largest absolute Gasteiger partial charge is 0.409 e. The Bertz CT molecular complexity index is 424. The molecule has 0 unspecified atom stereocenters. The number of aromatic nitrogens is 2. The maximum absolute atomic E-state index is 12.2. The Morgan fingerprint density at radius 3 is 2.76 bits per heavy atom. The van der Waals surface area contributed by atoms with Gasteiger partial charge in [-0.25, -0.2) is 0 Å². The second kappa shape index (κ2) is 5.33. The topological polar surface area (TPSA) is 96.7 Å². The molecule has 1 aromatic heterocycles. The fraction of sp³-hybridized carbons (Fsp3) is 0.500. The molecular formula is C10H17N5O2. The molecule has 0 aromatic carbocycles. The monoisotopic (exact) mass is 239 g/mol. The fourth-order valence-electron chi connectivity index (χ4n) is 1.43. The maximum atomic E-state index is 12.2. The highest BCUT2D eigenvalue weighted by Crippen LogP contribution is 2.07. The Morgan fingerprint density at radius 2 is 2.35 bits per heavy atom. The van der Waals surface area contributed by atoms with Crippen LogP contribution in [0.1, 0.15) is 24.3 Å². The molecule has 0 aliphatic rings. The first-order valence-electron chi connectivity index (χ1n) is 5.22. The molecule has 0 spiro atoms. The predicted molar refractivity (Wildman–Crippen MR) is 62.8 cm³/mol. The van der Waals surface area contributed by atoms with Crippen LogP contribution in [0.5, 0.6) is 0 Å². The molecule has 1 heterocycles. The molecule has 1 aromatic rings. The molecule has 7 nitrogen and oxygen atoms in total. The van der Waals surface area contributed by atoms with Crippen LogP contribution in [0, 0.1) is 0 Å². The third-order valence-corrected chi connectivity index (χ3v) is 2.39. The van der Waals surface area contributed by atoms with Crippen molar-refractivity contribution in [3.8, 4) is 0 Å². The van der Waals surface area contributed by atoms with Gasteiger partial charge in [0.1, 0.15) is 5.69 Å². The van der Waals surface area contributed by atoms with E-state index in [9.17, 15) is 4.79 Å². The van der Waals surface area contributed by atoms with Crippen molar-refractivity contribution in [2.75, 3.05) is 6.54 Å². The number of hydrogen-bond acceptors (Lipinski definition) is 4. The summed E-state index contributed by atoms with van der Waals surface area (Å²) in [6, 6.07) is 1.57. The summed E-state index contributed by atoms with van der Waals surface area (Å²) in [5.41, 5.74) is 5.89. The molecule has 0 aliphatic heterocycles. The van der Waals surface area contributed by atoms with Crippen LogP contribution in [0.15, 0.2) is 17.4 Å². The minimum Gasteiger partial charge on any atom is -0.409 e. The van der Waals surface area contributed by atoms with E-state index in [0.29, 0.717) is 5.69 Å². The van der Waals surface area contributed by atoms with Crippen LogP contribution in [0.4, 0.5) is 0 Å². The molecule has 17 heavy (non-hydrogen) atoms.